The second-order valence-electron chi connectivity index (χ2n) is 6.43. The molecule has 132 valence electrons. The molecule has 1 heterocycles. The number of hydrogen-bond donors (Lipinski definition) is 1. The van der Waals surface area contributed by atoms with Crippen molar-refractivity contribution in [3.05, 3.63) is 59.1 Å². The molecular formula is C20H23ClN2O2. The van der Waals surface area contributed by atoms with Crippen LogP contribution in [0.2, 0.25) is 5.02 Å². The number of nitrogens with zero attached hydrogens (tertiary/aromatic N) is 2. The van der Waals surface area contributed by atoms with Crippen molar-refractivity contribution < 1.29 is 9.90 Å². The molecule has 1 amide bonds. The van der Waals surface area contributed by atoms with E-state index in [1.165, 1.54) is 16.0 Å². The van der Waals surface area contributed by atoms with Crippen LogP contribution in [0.25, 0.3) is 11.1 Å². The van der Waals surface area contributed by atoms with Gasteiger partial charge in [0.25, 0.3) is 0 Å². The quantitative estimate of drug-likeness (QED) is 0.869. The van der Waals surface area contributed by atoms with E-state index in [9.17, 15) is 4.79 Å². The van der Waals surface area contributed by atoms with Gasteiger partial charge in [0.15, 0.2) is 0 Å². The van der Waals surface area contributed by atoms with Gasteiger partial charge in [-0.15, -0.1) is 0 Å². The second-order valence-corrected chi connectivity index (χ2v) is 6.86. The molecule has 0 aliphatic carbocycles. The highest BCUT2D eigenvalue weighted by Gasteiger charge is 2.19. The van der Waals surface area contributed by atoms with Crippen LogP contribution in [-0.4, -0.2) is 53.7 Å². The third-order valence-corrected chi connectivity index (χ3v) is 4.90. The van der Waals surface area contributed by atoms with Crippen LogP contribution in [0.15, 0.2) is 48.5 Å². The molecule has 0 atom stereocenters. The predicted molar refractivity (Wildman–Crippen MR) is 101 cm³/mol. The molecule has 0 saturated carbocycles. The molecule has 0 radical (unpaired) electrons. The van der Waals surface area contributed by atoms with Crippen LogP contribution in [0.5, 0.6) is 0 Å². The SMILES string of the molecule is O=C(O)N1CCN(CCCc2cccc(-c3cccc(Cl)c3)c2)CC1. The zero-order chi connectivity index (χ0) is 17.6. The normalized spacial score (nSPS) is 15.3. The Hall–Kier alpha value is -2.04. The van der Waals surface area contributed by atoms with E-state index >= 15 is 0 Å². The van der Waals surface area contributed by atoms with Gasteiger partial charge in [-0.05, 0) is 48.2 Å². The highest BCUT2D eigenvalue weighted by atomic mass is 35.5. The van der Waals surface area contributed by atoms with Crippen molar-refractivity contribution in [2.24, 2.45) is 0 Å². The Kier molecular flexibility index (Phi) is 5.95. The number of amides is 1. The molecule has 1 fully saturated rings. The molecule has 1 saturated heterocycles. The maximum absolute atomic E-state index is 10.9. The van der Waals surface area contributed by atoms with Gasteiger partial charge in [-0.1, -0.05) is 48.0 Å². The van der Waals surface area contributed by atoms with E-state index in [1.807, 2.05) is 18.2 Å². The van der Waals surface area contributed by atoms with Crippen molar-refractivity contribution in [2.75, 3.05) is 32.7 Å². The molecule has 3 rings (SSSR count). The molecular weight excluding hydrogens is 336 g/mol. The minimum atomic E-state index is -0.808. The van der Waals surface area contributed by atoms with Crippen molar-refractivity contribution in [3.8, 4) is 11.1 Å². The molecule has 2 aromatic rings. The van der Waals surface area contributed by atoms with Gasteiger partial charge in [0.1, 0.15) is 0 Å². The van der Waals surface area contributed by atoms with Gasteiger partial charge >= 0.3 is 6.09 Å². The van der Waals surface area contributed by atoms with Crippen molar-refractivity contribution in [1.82, 2.24) is 9.80 Å². The fraction of sp³-hybridized carbons (Fsp3) is 0.350. The van der Waals surface area contributed by atoms with Gasteiger partial charge in [0, 0.05) is 31.2 Å². The first-order valence-corrected chi connectivity index (χ1v) is 9.05. The molecule has 1 aliphatic rings. The molecule has 0 bridgehead atoms. The second kappa shape index (κ2) is 8.37. The Bertz CT molecular complexity index is 727. The molecule has 1 aliphatic heterocycles. The number of aryl methyl sites for hydroxylation is 1. The Morgan fingerprint density at radius 3 is 2.36 bits per heavy atom. The van der Waals surface area contributed by atoms with Gasteiger partial charge in [-0.25, -0.2) is 4.79 Å². The Balaban J connectivity index is 1.51. The van der Waals surface area contributed by atoms with Crippen LogP contribution in [-0.2, 0) is 6.42 Å². The van der Waals surface area contributed by atoms with E-state index in [1.54, 1.807) is 0 Å². The zero-order valence-electron chi connectivity index (χ0n) is 14.2. The average Bonchev–Trinajstić information content (AvgIpc) is 2.62. The van der Waals surface area contributed by atoms with Gasteiger partial charge < -0.3 is 10.0 Å². The summed E-state index contributed by atoms with van der Waals surface area (Å²) in [5.41, 5.74) is 3.65. The number of halogens is 1. The lowest BCUT2D eigenvalue weighted by atomic mass is 10.0. The number of rotatable bonds is 5. The summed E-state index contributed by atoms with van der Waals surface area (Å²) in [5, 5.41) is 9.74. The molecule has 2 aromatic carbocycles. The first-order chi connectivity index (χ1) is 12.1. The maximum Gasteiger partial charge on any atom is 0.407 e. The molecule has 25 heavy (non-hydrogen) atoms. The Morgan fingerprint density at radius 1 is 1.00 bits per heavy atom. The van der Waals surface area contributed by atoms with Crippen LogP contribution in [0.1, 0.15) is 12.0 Å². The summed E-state index contributed by atoms with van der Waals surface area (Å²) in [6.45, 7) is 3.89. The van der Waals surface area contributed by atoms with E-state index in [0.29, 0.717) is 13.1 Å². The number of hydrogen-bond acceptors (Lipinski definition) is 2. The lowest BCUT2D eigenvalue weighted by Gasteiger charge is -2.33. The first-order valence-electron chi connectivity index (χ1n) is 8.67. The Morgan fingerprint density at radius 2 is 1.68 bits per heavy atom. The summed E-state index contributed by atoms with van der Waals surface area (Å²) in [4.78, 5) is 14.8. The topological polar surface area (TPSA) is 43.8 Å². The lowest BCUT2D eigenvalue weighted by Crippen LogP contribution is -2.48. The zero-order valence-corrected chi connectivity index (χ0v) is 15.0. The molecule has 0 unspecified atom stereocenters. The highest BCUT2D eigenvalue weighted by Crippen LogP contribution is 2.24. The van der Waals surface area contributed by atoms with Gasteiger partial charge in [0.05, 0.1) is 0 Å². The van der Waals surface area contributed by atoms with E-state index in [4.69, 9.17) is 16.7 Å². The molecule has 1 N–H and O–H groups in total. The van der Waals surface area contributed by atoms with Crippen LogP contribution in [0.3, 0.4) is 0 Å². The predicted octanol–water partition coefficient (Wildman–Crippen LogP) is 4.24. The largest absolute Gasteiger partial charge is 0.465 e. The number of carbonyl (C=O) groups is 1. The maximum atomic E-state index is 10.9. The van der Waals surface area contributed by atoms with Crippen molar-refractivity contribution in [2.45, 2.75) is 12.8 Å². The Labute approximate surface area is 153 Å². The number of benzene rings is 2. The lowest BCUT2D eigenvalue weighted by molar-refractivity contribution is 0.105. The summed E-state index contributed by atoms with van der Waals surface area (Å²) in [6, 6.07) is 16.5. The number of carboxylic acid groups (broad SMARTS) is 1. The summed E-state index contributed by atoms with van der Waals surface area (Å²) in [5.74, 6) is 0. The summed E-state index contributed by atoms with van der Waals surface area (Å²) < 4.78 is 0. The van der Waals surface area contributed by atoms with E-state index < -0.39 is 6.09 Å². The van der Waals surface area contributed by atoms with E-state index in [0.717, 1.165) is 43.1 Å². The van der Waals surface area contributed by atoms with Crippen LogP contribution in [0.4, 0.5) is 4.79 Å². The van der Waals surface area contributed by atoms with Crippen LogP contribution < -0.4 is 0 Å². The fourth-order valence-electron chi connectivity index (χ4n) is 3.24. The minimum absolute atomic E-state index is 0.611. The van der Waals surface area contributed by atoms with Crippen LogP contribution in [0, 0.1) is 0 Å². The highest BCUT2D eigenvalue weighted by molar-refractivity contribution is 6.30. The fourth-order valence-corrected chi connectivity index (χ4v) is 3.43. The molecule has 0 spiro atoms. The first kappa shape index (κ1) is 17.8. The van der Waals surface area contributed by atoms with Gasteiger partial charge in [0.2, 0.25) is 0 Å². The third kappa shape index (κ3) is 4.97. The molecule has 4 nitrogen and oxygen atoms in total. The standard InChI is InChI=1S/C20H23ClN2O2/c21-19-8-2-7-18(15-19)17-6-1-4-16(14-17)5-3-9-22-10-12-23(13-11-22)20(24)25/h1-2,4,6-8,14-15H,3,5,9-13H2,(H,24,25). The smallest absolute Gasteiger partial charge is 0.407 e. The average molecular weight is 359 g/mol. The minimum Gasteiger partial charge on any atom is -0.465 e. The third-order valence-electron chi connectivity index (χ3n) is 4.67. The molecule has 5 heteroatoms. The monoisotopic (exact) mass is 358 g/mol. The van der Waals surface area contributed by atoms with Gasteiger partial charge in [-0.3, -0.25) is 4.90 Å². The van der Waals surface area contributed by atoms with Crippen molar-refractivity contribution in [3.63, 3.8) is 0 Å². The summed E-state index contributed by atoms with van der Waals surface area (Å²) in [7, 11) is 0. The van der Waals surface area contributed by atoms with E-state index in [-0.39, 0.29) is 0 Å². The van der Waals surface area contributed by atoms with Crippen LogP contribution >= 0.6 is 11.6 Å². The van der Waals surface area contributed by atoms with Crippen molar-refractivity contribution >= 4 is 17.7 Å². The van der Waals surface area contributed by atoms with Gasteiger partial charge in [-0.2, -0.15) is 0 Å². The summed E-state index contributed by atoms with van der Waals surface area (Å²) >= 11 is 6.09. The van der Waals surface area contributed by atoms with Crippen molar-refractivity contribution in [1.29, 1.82) is 0 Å². The molecule has 0 aromatic heterocycles. The summed E-state index contributed by atoms with van der Waals surface area (Å²) in [6.07, 6.45) is 1.29. The van der Waals surface area contributed by atoms with E-state index in [2.05, 4.69) is 35.2 Å². The number of piperazine rings is 1.